The molecule has 2 heterocycles. The normalized spacial score (nSPS) is 16.4. The average molecular weight is 353 g/mol. The van der Waals surface area contributed by atoms with Crippen molar-refractivity contribution in [1.29, 1.82) is 0 Å². The Morgan fingerprint density at radius 1 is 1.15 bits per heavy atom. The number of benzene rings is 2. The van der Waals surface area contributed by atoms with Crippen LogP contribution in [0, 0.1) is 17.0 Å². The van der Waals surface area contributed by atoms with Gasteiger partial charge in [0.1, 0.15) is 12.3 Å². The summed E-state index contributed by atoms with van der Waals surface area (Å²) in [4.78, 5) is 26.8. The van der Waals surface area contributed by atoms with Gasteiger partial charge in [0.15, 0.2) is 0 Å². The first-order valence-corrected chi connectivity index (χ1v) is 8.60. The standard InChI is InChI=1S/C19H19N3O4/c1-13-4-2-7-17(22(24)25)18(13)20-9-8-15-14(12-20)5-3-6-16(15)21-10-11-26-19(21)23/h2-7H,8-12H2,1H3. The molecule has 134 valence electrons. The fourth-order valence-electron chi connectivity index (χ4n) is 3.85. The van der Waals surface area contributed by atoms with E-state index >= 15 is 0 Å². The van der Waals surface area contributed by atoms with Gasteiger partial charge in [-0.3, -0.25) is 15.0 Å². The fraction of sp³-hybridized carbons (Fsp3) is 0.316. The lowest BCUT2D eigenvalue weighted by Crippen LogP contribution is -2.33. The summed E-state index contributed by atoms with van der Waals surface area (Å²) < 4.78 is 5.06. The Hall–Kier alpha value is -3.09. The molecule has 7 nitrogen and oxygen atoms in total. The molecule has 2 aromatic rings. The Morgan fingerprint density at radius 3 is 2.69 bits per heavy atom. The molecule has 0 bridgehead atoms. The van der Waals surface area contributed by atoms with Crippen molar-refractivity contribution in [2.24, 2.45) is 0 Å². The highest BCUT2D eigenvalue weighted by molar-refractivity contribution is 5.90. The van der Waals surface area contributed by atoms with Crippen LogP contribution in [-0.2, 0) is 17.7 Å². The highest BCUT2D eigenvalue weighted by Gasteiger charge is 2.30. The van der Waals surface area contributed by atoms with E-state index in [-0.39, 0.29) is 16.7 Å². The Labute approximate surface area is 150 Å². The number of cyclic esters (lactones) is 1. The van der Waals surface area contributed by atoms with E-state index in [2.05, 4.69) is 4.90 Å². The second-order valence-electron chi connectivity index (χ2n) is 6.55. The van der Waals surface area contributed by atoms with Crippen molar-refractivity contribution >= 4 is 23.2 Å². The Bertz CT molecular complexity index is 896. The van der Waals surface area contributed by atoms with E-state index < -0.39 is 0 Å². The van der Waals surface area contributed by atoms with Gasteiger partial charge in [-0.25, -0.2) is 4.79 Å². The van der Waals surface area contributed by atoms with Gasteiger partial charge in [-0.2, -0.15) is 0 Å². The first-order chi connectivity index (χ1) is 12.6. The van der Waals surface area contributed by atoms with Crippen LogP contribution in [0.1, 0.15) is 16.7 Å². The maximum Gasteiger partial charge on any atom is 0.414 e. The number of nitrogens with zero attached hydrogens (tertiary/aromatic N) is 3. The highest BCUT2D eigenvalue weighted by Crippen LogP contribution is 2.37. The summed E-state index contributed by atoms with van der Waals surface area (Å²) in [5.74, 6) is 0. The van der Waals surface area contributed by atoms with Gasteiger partial charge in [0.2, 0.25) is 0 Å². The van der Waals surface area contributed by atoms with Crippen molar-refractivity contribution in [1.82, 2.24) is 0 Å². The molecule has 0 saturated carbocycles. The molecule has 0 spiro atoms. The van der Waals surface area contributed by atoms with Gasteiger partial charge in [0.25, 0.3) is 5.69 Å². The SMILES string of the molecule is Cc1cccc([N+](=O)[O-])c1N1CCc2c(cccc2N2CCOC2=O)C1. The summed E-state index contributed by atoms with van der Waals surface area (Å²) >= 11 is 0. The summed E-state index contributed by atoms with van der Waals surface area (Å²) in [6.45, 7) is 4.11. The zero-order chi connectivity index (χ0) is 18.3. The molecule has 1 saturated heterocycles. The van der Waals surface area contributed by atoms with Crippen LogP contribution < -0.4 is 9.80 Å². The van der Waals surface area contributed by atoms with Crippen molar-refractivity contribution in [3.05, 3.63) is 63.2 Å². The smallest absolute Gasteiger partial charge is 0.414 e. The van der Waals surface area contributed by atoms with E-state index in [0.717, 1.165) is 28.8 Å². The number of nitro groups is 1. The molecule has 0 N–H and O–H groups in total. The quantitative estimate of drug-likeness (QED) is 0.624. The Kier molecular flexibility index (Phi) is 3.99. The van der Waals surface area contributed by atoms with Gasteiger partial charge in [0.05, 0.1) is 17.2 Å². The summed E-state index contributed by atoms with van der Waals surface area (Å²) in [6.07, 6.45) is 0.413. The van der Waals surface area contributed by atoms with Gasteiger partial charge in [-0.15, -0.1) is 0 Å². The number of carbonyl (C=O) groups is 1. The molecule has 1 amide bonds. The van der Waals surface area contributed by atoms with E-state index in [9.17, 15) is 14.9 Å². The number of aryl methyl sites for hydroxylation is 1. The number of ether oxygens (including phenoxy) is 1. The molecule has 2 aromatic carbocycles. The van der Waals surface area contributed by atoms with Crippen molar-refractivity contribution in [3.8, 4) is 0 Å². The first-order valence-electron chi connectivity index (χ1n) is 8.60. The third kappa shape index (κ3) is 2.65. The van der Waals surface area contributed by atoms with Crippen LogP contribution in [0.5, 0.6) is 0 Å². The van der Waals surface area contributed by atoms with Crippen LogP contribution in [0.15, 0.2) is 36.4 Å². The number of hydrogen-bond acceptors (Lipinski definition) is 5. The fourth-order valence-corrected chi connectivity index (χ4v) is 3.85. The van der Waals surface area contributed by atoms with Crippen LogP contribution in [0.2, 0.25) is 0 Å². The molecule has 0 aromatic heterocycles. The second-order valence-corrected chi connectivity index (χ2v) is 6.55. The number of fused-ring (bicyclic) bond motifs is 1. The molecule has 2 aliphatic rings. The van der Waals surface area contributed by atoms with Crippen LogP contribution in [0.25, 0.3) is 0 Å². The summed E-state index contributed by atoms with van der Waals surface area (Å²) in [6, 6.07) is 11.1. The molecule has 2 aliphatic heterocycles. The molecule has 0 aliphatic carbocycles. The molecule has 0 atom stereocenters. The number of hydrogen-bond donors (Lipinski definition) is 0. The highest BCUT2D eigenvalue weighted by atomic mass is 16.6. The molecular formula is C19H19N3O4. The van der Waals surface area contributed by atoms with Crippen LogP contribution in [0.3, 0.4) is 0 Å². The molecule has 1 fully saturated rings. The third-order valence-corrected chi connectivity index (χ3v) is 5.02. The first kappa shape index (κ1) is 16.4. The summed E-state index contributed by atoms with van der Waals surface area (Å²) in [5, 5.41) is 11.4. The minimum absolute atomic E-state index is 0.132. The predicted octanol–water partition coefficient (Wildman–Crippen LogP) is 3.42. The lowest BCUT2D eigenvalue weighted by atomic mass is 9.96. The van der Waals surface area contributed by atoms with Crippen molar-refractivity contribution in [2.75, 3.05) is 29.5 Å². The zero-order valence-corrected chi connectivity index (χ0v) is 14.5. The van der Waals surface area contributed by atoms with Gasteiger partial charge >= 0.3 is 6.09 Å². The van der Waals surface area contributed by atoms with Crippen molar-refractivity contribution in [2.45, 2.75) is 19.9 Å². The average Bonchev–Trinajstić information content (AvgIpc) is 3.06. The number of amides is 1. The van der Waals surface area contributed by atoms with Crippen LogP contribution in [-0.4, -0.2) is 30.7 Å². The number of para-hydroxylation sites is 1. The van der Waals surface area contributed by atoms with Crippen LogP contribution >= 0.6 is 0 Å². The van der Waals surface area contributed by atoms with Crippen molar-refractivity contribution in [3.63, 3.8) is 0 Å². The molecule has 7 heteroatoms. The monoisotopic (exact) mass is 353 g/mol. The number of rotatable bonds is 3. The molecular weight excluding hydrogens is 334 g/mol. The topological polar surface area (TPSA) is 75.9 Å². The van der Waals surface area contributed by atoms with Gasteiger partial charge in [0, 0.05) is 19.2 Å². The lowest BCUT2D eigenvalue weighted by molar-refractivity contribution is -0.384. The van der Waals surface area contributed by atoms with E-state index in [1.54, 1.807) is 17.0 Å². The molecule has 0 unspecified atom stereocenters. The van der Waals surface area contributed by atoms with Crippen LogP contribution in [0.4, 0.5) is 21.9 Å². The lowest BCUT2D eigenvalue weighted by Gasteiger charge is -2.33. The number of nitro benzene ring substituents is 1. The number of anilines is 2. The minimum Gasteiger partial charge on any atom is -0.447 e. The predicted molar refractivity (Wildman–Crippen MR) is 97.7 cm³/mol. The third-order valence-electron chi connectivity index (χ3n) is 5.02. The molecule has 4 rings (SSSR count). The van der Waals surface area contributed by atoms with E-state index in [0.29, 0.717) is 31.9 Å². The Balaban J connectivity index is 1.70. The maximum atomic E-state index is 11.9. The van der Waals surface area contributed by atoms with Gasteiger partial charge in [-0.05, 0) is 36.1 Å². The van der Waals surface area contributed by atoms with E-state index in [4.69, 9.17) is 4.74 Å². The van der Waals surface area contributed by atoms with E-state index in [1.807, 2.05) is 31.2 Å². The van der Waals surface area contributed by atoms with Gasteiger partial charge < -0.3 is 9.64 Å². The second kappa shape index (κ2) is 6.33. The summed E-state index contributed by atoms with van der Waals surface area (Å²) in [5.41, 5.74) is 4.80. The van der Waals surface area contributed by atoms with Crippen molar-refractivity contribution < 1.29 is 14.5 Å². The minimum atomic E-state index is -0.325. The largest absolute Gasteiger partial charge is 0.447 e. The molecule has 26 heavy (non-hydrogen) atoms. The number of carbonyl (C=O) groups excluding carboxylic acids is 1. The Morgan fingerprint density at radius 2 is 1.96 bits per heavy atom. The maximum absolute atomic E-state index is 11.9. The summed E-state index contributed by atoms with van der Waals surface area (Å²) in [7, 11) is 0. The molecule has 0 radical (unpaired) electrons. The van der Waals surface area contributed by atoms with E-state index in [1.165, 1.54) is 0 Å². The van der Waals surface area contributed by atoms with Gasteiger partial charge in [-0.1, -0.05) is 24.3 Å². The zero-order valence-electron chi connectivity index (χ0n) is 14.5.